The lowest BCUT2D eigenvalue weighted by Crippen LogP contribution is -2.30. The Morgan fingerprint density at radius 2 is 1.86 bits per heavy atom. The number of aromatic nitrogens is 4. The lowest BCUT2D eigenvalue weighted by molar-refractivity contribution is -0.115. The number of aromatic amines is 1. The molecule has 2 aromatic heterocycles. The number of piperidine rings is 1. The Kier molecular flexibility index (Phi) is 5.80. The molecule has 1 saturated heterocycles. The fraction of sp³-hybridized carbons (Fsp3) is 0.316. The maximum Gasteiger partial charge on any atom is 0.257 e. The van der Waals surface area contributed by atoms with E-state index in [9.17, 15) is 9.59 Å². The number of hydrogen-bond acceptors (Lipinski definition) is 7. The molecule has 0 spiro atoms. The Balaban J connectivity index is 1.30. The number of nitrogens with one attached hydrogen (secondary N) is 3. The molecular weight excluding hydrogens is 390 g/mol. The summed E-state index contributed by atoms with van der Waals surface area (Å²) in [5.74, 6) is 0.448. The van der Waals surface area contributed by atoms with Crippen LogP contribution in [-0.2, 0) is 11.2 Å². The minimum Gasteiger partial charge on any atom is -0.340 e. The molecule has 1 fully saturated rings. The molecule has 1 aromatic carbocycles. The molecule has 0 aliphatic carbocycles. The summed E-state index contributed by atoms with van der Waals surface area (Å²) in [4.78, 5) is 35.2. The highest BCUT2D eigenvalue weighted by Gasteiger charge is 2.17. The minimum atomic E-state index is -0.252. The van der Waals surface area contributed by atoms with Gasteiger partial charge in [-0.1, -0.05) is 18.2 Å². The molecule has 3 heterocycles. The molecule has 1 aliphatic heterocycles. The number of H-pyrrole nitrogens is 1. The van der Waals surface area contributed by atoms with E-state index in [1.807, 2.05) is 6.07 Å². The highest BCUT2D eigenvalue weighted by molar-refractivity contribution is 7.14. The molecular formula is C19H21N7O2S. The molecule has 2 amide bonds. The fourth-order valence-corrected chi connectivity index (χ4v) is 3.79. The first kappa shape index (κ1) is 19.1. The molecule has 150 valence electrons. The van der Waals surface area contributed by atoms with E-state index in [2.05, 4.69) is 35.7 Å². The van der Waals surface area contributed by atoms with Crippen molar-refractivity contribution in [1.29, 1.82) is 0 Å². The van der Waals surface area contributed by atoms with Crippen LogP contribution in [0.15, 0.2) is 35.7 Å². The number of amides is 2. The van der Waals surface area contributed by atoms with E-state index in [4.69, 9.17) is 0 Å². The van der Waals surface area contributed by atoms with Crippen molar-refractivity contribution in [1.82, 2.24) is 20.2 Å². The van der Waals surface area contributed by atoms with Crippen LogP contribution in [0.1, 0.15) is 35.3 Å². The highest BCUT2D eigenvalue weighted by Crippen LogP contribution is 2.18. The maximum absolute atomic E-state index is 12.3. The first-order valence-corrected chi connectivity index (χ1v) is 10.3. The average molecular weight is 411 g/mol. The summed E-state index contributed by atoms with van der Waals surface area (Å²) in [6, 6.07) is 8.90. The molecule has 10 heteroatoms. The summed E-state index contributed by atoms with van der Waals surface area (Å²) < 4.78 is 0. The van der Waals surface area contributed by atoms with Gasteiger partial charge in [0.05, 0.1) is 12.1 Å². The van der Waals surface area contributed by atoms with E-state index in [0.717, 1.165) is 25.9 Å². The van der Waals surface area contributed by atoms with Crippen molar-refractivity contribution in [3.8, 4) is 0 Å². The fourth-order valence-electron chi connectivity index (χ4n) is 3.09. The minimum absolute atomic E-state index is 0.0808. The Labute approximate surface area is 171 Å². The van der Waals surface area contributed by atoms with Crippen LogP contribution in [0, 0.1) is 0 Å². The van der Waals surface area contributed by atoms with Gasteiger partial charge in [-0.3, -0.25) is 20.2 Å². The van der Waals surface area contributed by atoms with Crippen LogP contribution in [0.4, 0.5) is 17.0 Å². The van der Waals surface area contributed by atoms with Crippen LogP contribution in [0.3, 0.4) is 0 Å². The predicted molar refractivity (Wildman–Crippen MR) is 111 cm³/mol. The van der Waals surface area contributed by atoms with E-state index in [0.29, 0.717) is 28.3 Å². The predicted octanol–water partition coefficient (Wildman–Crippen LogP) is 2.69. The second-order valence-electron chi connectivity index (χ2n) is 6.72. The number of benzene rings is 1. The monoisotopic (exact) mass is 411 g/mol. The van der Waals surface area contributed by atoms with Crippen molar-refractivity contribution in [2.24, 2.45) is 0 Å². The van der Waals surface area contributed by atoms with Gasteiger partial charge in [-0.2, -0.15) is 4.98 Å². The zero-order valence-corrected chi connectivity index (χ0v) is 16.5. The maximum atomic E-state index is 12.3. The third-order valence-electron chi connectivity index (χ3n) is 4.52. The summed E-state index contributed by atoms with van der Waals surface area (Å²) >= 11 is 1.28. The summed E-state index contributed by atoms with van der Waals surface area (Å²) in [5.41, 5.74) is 1.13. The molecule has 29 heavy (non-hydrogen) atoms. The number of carbonyl (C=O) groups excluding carboxylic acids is 2. The van der Waals surface area contributed by atoms with Crippen molar-refractivity contribution in [2.45, 2.75) is 25.7 Å². The largest absolute Gasteiger partial charge is 0.340 e. The Hall–Kier alpha value is -3.27. The SMILES string of the molecule is O=C(Cc1csc(NC(=O)c2ccccc2)n1)Nc1nc(N2CCCCC2)n[nH]1. The highest BCUT2D eigenvalue weighted by atomic mass is 32.1. The number of anilines is 3. The van der Waals surface area contributed by atoms with Gasteiger partial charge < -0.3 is 4.90 Å². The van der Waals surface area contributed by atoms with Crippen LogP contribution in [-0.4, -0.2) is 45.1 Å². The first-order chi connectivity index (χ1) is 14.2. The average Bonchev–Trinajstić information content (AvgIpc) is 3.39. The molecule has 1 aliphatic rings. The summed E-state index contributed by atoms with van der Waals surface area (Å²) in [6.45, 7) is 1.86. The number of rotatable bonds is 6. The van der Waals surface area contributed by atoms with Crippen molar-refractivity contribution in [3.63, 3.8) is 0 Å². The van der Waals surface area contributed by atoms with Crippen LogP contribution >= 0.6 is 11.3 Å². The first-order valence-electron chi connectivity index (χ1n) is 9.45. The van der Waals surface area contributed by atoms with Crippen LogP contribution in [0.2, 0.25) is 0 Å². The topological polar surface area (TPSA) is 116 Å². The van der Waals surface area contributed by atoms with Gasteiger partial charge in [0.1, 0.15) is 0 Å². The van der Waals surface area contributed by atoms with Gasteiger partial charge in [-0.15, -0.1) is 16.4 Å². The van der Waals surface area contributed by atoms with E-state index >= 15 is 0 Å². The van der Waals surface area contributed by atoms with Gasteiger partial charge in [0, 0.05) is 24.0 Å². The third kappa shape index (κ3) is 4.96. The van der Waals surface area contributed by atoms with Crippen molar-refractivity contribution in [2.75, 3.05) is 28.6 Å². The number of hydrogen-bond donors (Lipinski definition) is 3. The summed E-state index contributed by atoms with van der Waals surface area (Å²) in [6.07, 6.45) is 3.57. The summed E-state index contributed by atoms with van der Waals surface area (Å²) in [7, 11) is 0. The lowest BCUT2D eigenvalue weighted by Gasteiger charge is -2.24. The van der Waals surface area contributed by atoms with E-state index in [-0.39, 0.29) is 18.2 Å². The molecule has 0 saturated carbocycles. The number of thiazole rings is 1. The Morgan fingerprint density at radius 1 is 1.07 bits per heavy atom. The van der Waals surface area contributed by atoms with Gasteiger partial charge in [0.25, 0.3) is 5.91 Å². The van der Waals surface area contributed by atoms with Gasteiger partial charge in [-0.25, -0.2) is 10.1 Å². The van der Waals surface area contributed by atoms with E-state index < -0.39 is 0 Å². The second-order valence-corrected chi connectivity index (χ2v) is 7.58. The molecule has 0 radical (unpaired) electrons. The van der Waals surface area contributed by atoms with Crippen molar-refractivity contribution in [3.05, 3.63) is 47.0 Å². The normalized spacial score (nSPS) is 13.9. The van der Waals surface area contributed by atoms with E-state index in [1.165, 1.54) is 17.8 Å². The summed E-state index contributed by atoms with van der Waals surface area (Å²) in [5, 5.41) is 14.6. The van der Waals surface area contributed by atoms with E-state index in [1.54, 1.807) is 29.6 Å². The second kappa shape index (κ2) is 8.82. The van der Waals surface area contributed by atoms with Crippen LogP contribution < -0.4 is 15.5 Å². The molecule has 0 bridgehead atoms. The third-order valence-corrected chi connectivity index (χ3v) is 5.33. The molecule has 0 atom stereocenters. The molecule has 4 rings (SSSR count). The van der Waals surface area contributed by atoms with Crippen molar-refractivity contribution >= 4 is 40.2 Å². The molecule has 3 aromatic rings. The zero-order valence-electron chi connectivity index (χ0n) is 15.7. The number of nitrogens with zero attached hydrogens (tertiary/aromatic N) is 4. The van der Waals surface area contributed by atoms with Crippen LogP contribution in [0.5, 0.6) is 0 Å². The Bertz CT molecular complexity index is 979. The van der Waals surface area contributed by atoms with Gasteiger partial charge >= 0.3 is 0 Å². The smallest absolute Gasteiger partial charge is 0.257 e. The molecule has 3 N–H and O–H groups in total. The molecule has 0 unspecified atom stereocenters. The van der Waals surface area contributed by atoms with Gasteiger partial charge in [-0.05, 0) is 31.4 Å². The zero-order chi connectivity index (χ0) is 20.1. The Morgan fingerprint density at radius 3 is 2.66 bits per heavy atom. The quantitative estimate of drug-likeness (QED) is 0.574. The van der Waals surface area contributed by atoms with Crippen molar-refractivity contribution < 1.29 is 9.59 Å². The molecule has 9 nitrogen and oxygen atoms in total. The van der Waals surface area contributed by atoms with Crippen LogP contribution in [0.25, 0.3) is 0 Å². The standard InChI is InChI=1S/C19H21N7O2S/c27-15(21-17-23-18(25-24-17)26-9-5-2-6-10-26)11-14-12-29-19(20-14)22-16(28)13-7-3-1-4-8-13/h1,3-4,7-8,12H,2,5-6,9-11H2,(H,20,22,28)(H2,21,23,24,25,27). The van der Waals surface area contributed by atoms with Gasteiger partial charge in [0.15, 0.2) is 5.13 Å². The van der Waals surface area contributed by atoms with Gasteiger partial charge in [0.2, 0.25) is 17.8 Å². The lowest BCUT2D eigenvalue weighted by atomic mass is 10.1. The number of carbonyl (C=O) groups is 2.